The molecule has 7 heteroatoms. The summed E-state index contributed by atoms with van der Waals surface area (Å²) in [4.78, 5) is 15.5. The van der Waals surface area contributed by atoms with Crippen molar-refractivity contribution in [1.82, 2.24) is 4.90 Å². The van der Waals surface area contributed by atoms with E-state index < -0.39 is 15.1 Å². The Bertz CT molecular complexity index is 892. The first-order valence-corrected chi connectivity index (χ1v) is 11.6. The summed E-state index contributed by atoms with van der Waals surface area (Å²) in [6.45, 7) is 2.74. The highest BCUT2D eigenvalue weighted by Crippen LogP contribution is 2.34. The zero-order valence-electron chi connectivity index (χ0n) is 14.7. The highest BCUT2D eigenvalue weighted by Gasteiger charge is 2.33. The summed E-state index contributed by atoms with van der Waals surface area (Å²) in [7, 11) is -3.34. The third-order valence-corrected chi connectivity index (χ3v) is 8.41. The van der Waals surface area contributed by atoms with Gasteiger partial charge in [0.15, 0.2) is 9.84 Å². The summed E-state index contributed by atoms with van der Waals surface area (Å²) in [5.74, 6) is -0.0000519. The molecular formula is C19H22ClNO3S2. The molecule has 1 aliphatic heterocycles. The van der Waals surface area contributed by atoms with Gasteiger partial charge >= 0.3 is 0 Å². The van der Waals surface area contributed by atoms with Crippen LogP contribution in [0.4, 0.5) is 0 Å². The molecule has 1 aliphatic rings. The molecule has 3 rings (SSSR count). The summed E-state index contributed by atoms with van der Waals surface area (Å²) >= 11 is 7.87. The topological polar surface area (TPSA) is 54.5 Å². The number of carbonyl (C=O) groups excluding carboxylic acids is 1. The van der Waals surface area contributed by atoms with E-state index in [1.54, 1.807) is 40.5 Å². The second kappa shape index (κ2) is 8.11. The third kappa shape index (κ3) is 4.30. The third-order valence-electron chi connectivity index (χ3n) is 4.88. The Kier molecular flexibility index (Phi) is 6.05. The van der Waals surface area contributed by atoms with E-state index in [1.165, 1.54) is 10.4 Å². The first kappa shape index (κ1) is 19.4. The van der Waals surface area contributed by atoms with Crippen molar-refractivity contribution in [3.63, 3.8) is 0 Å². The molecule has 26 heavy (non-hydrogen) atoms. The van der Waals surface area contributed by atoms with E-state index in [1.807, 2.05) is 12.3 Å². The molecule has 4 nitrogen and oxygen atoms in total. The predicted molar refractivity (Wildman–Crippen MR) is 107 cm³/mol. The lowest BCUT2D eigenvalue weighted by molar-refractivity contribution is -0.130. The van der Waals surface area contributed by atoms with Gasteiger partial charge in [-0.1, -0.05) is 29.8 Å². The molecule has 0 N–H and O–H groups in total. The van der Waals surface area contributed by atoms with E-state index in [2.05, 4.69) is 6.07 Å². The number of halogens is 1. The molecular weight excluding hydrogens is 390 g/mol. The van der Waals surface area contributed by atoms with Crippen LogP contribution in [-0.2, 0) is 21.1 Å². The first-order valence-electron chi connectivity index (χ1n) is 8.65. The summed E-state index contributed by atoms with van der Waals surface area (Å²) in [6.07, 6.45) is 1.51. The van der Waals surface area contributed by atoms with Gasteiger partial charge in [-0.15, -0.1) is 11.3 Å². The van der Waals surface area contributed by atoms with Gasteiger partial charge in [0, 0.05) is 29.4 Å². The molecule has 1 amide bonds. The SMILES string of the molecule is Cc1ccsc1CCC(=O)N1CC[C@H](c2ccccc2Cl)S(=O)(=O)CC1. The molecule has 140 valence electrons. The van der Waals surface area contributed by atoms with E-state index in [0.29, 0.717) is 36.4 Å². The van der Waals surface area contributed by atoms with Gasteiger partial charge in [0.25, 0.3) is 0 Å². The van der Waals surface area contributed by atoms with E-state index in [0.717, 1.165) is 0 Å². The molecule has 0 unspecified atom stereocenters. The second-order valence-electron chi connectivity index (χ2n) is 6.57. The van der Waals surface area contributed by atoms with Crippen LogP contribution >= 0.6 is 22.9 Å². The summed E-state index contributed by atoms with van der Waals surface area (Å²) < 4.78 is 25.4. The normalized spacial score (nSPS) is 19.9. The highest BCUT2D eigenvalue weighted by molar-refractivity contribution is 7.91. The Morgan fingerprint density at radius 2 is 2.04 bits per heavy atom. The van der Waals surface area contributed by atoms with Crippen molar-refractivity contribution in [2.75, 3.05) is 18.8 Å². The number of hydrogen-bond acceptors (Lipinski definition) is 4. The minimum Gasteiger partial charge on any atom is -0.342 e. The van der Waals surface area contributed by atoms with Gasteiger partial charge in [-0.25, -0.2) is 8.42 Å². The number of aryl methyl sites for hydroxylation is 2. The quantitative estimate of drug-likeness (QED) is 0.763. The van der Waals surface area contributed by atoms with Crippen LogP contribution in [0.5, 0.6) is 0 Å². The maximum atomic E-state index is 12.7. The maximum absolute atomic E-state index is 12.7. The van der Waals surface area contributed by atoms with Crippen LogP contribution < -0.4 is 0 Å². The van der Waals surface area contributed by atoms with E-state index in [4.69, 9.17) is 11.6 Å². The van der Waals surface area contributed by atoms with Gasteiger partial charge in [0.05, 0.1) is 11.0 Å². The van der Waals surface area contributed by atoms with Crippen molar-refractivity contribution in [3.8, 4) is 0 Å². The number of benzene rings is 1. The molecule has 0 bridgehead atoms. The number of amides is 1. The lowest BCUT2D eigenvalue weighted by Gasteiger charge is -2.20. The van der Waals surface area contributed by atoms with Crippen LogP contribution in [0.25, 0.3) is 0 Å². The standard InChI is InChI=1S/C19H22ClNO3S2/c1-14-9-12-25-17(14)6-7-19(22)21-10-8-18(26(23,24)13-11-21)15-4-2-3-5-16(15)20/h2-5,9,12,18H,6-8,10-11,13H2,1H3/t18-/m1/s1. The largest absolute Gasteiger partial charge is 0.342 e. The monoisotopic (exact) mass is 411 g/mol. The van der Waals surface area contributed by atoms with Crippen molar-refractivity contribution >= 4 is 38.7 Å². The van der Waals surface area contributed by atoms with Gasteiger partial charge in [-0.3, -0.25) is 4.79 Å². The molecule has 1 atom stereocenters. The number of nitrogens with zero attached hydrogens (tertiary/aromatic N) is 1. The minimum atomic E-state index is -3.34. The molecule has 2 aromatic rings. The average molecular weight is 412 g/mol. The Hall–Kier alpha value is -1.37. The smallest absolute Gasteiger partial charge is 0.222 e. The van der Waals surface area contributed by atoms with Crippen molar-refractivity contribution in [3.05, 3.63) is 56.7 Å². The number of rotatable bonds is 4. The van der Waals surface area contributed by atoms with Crippen molar-refractivity contribution < 1.29 is 13.2 Å². The van der Waals surface area contributed by atoms with Crippen molar-refractivity contribution in [1.29, 1.82) is 0 Å². The molecule has 1 aromatic carbocycles. The number of thiophene rings is 1. The molecule has 1 fully saturated rings. The zero-order chi connectivity index (χ0) is 18.7. The number of sulfone groups is 1. The van der Waals surface area contributed by atoms with Crippen LogP contribution in [0.15, 0.2) is 35.7 Å². The molecule has 0 radical (unpaired) electrons. The van der Waals surface area contributed by atoms with Gasteiger partial charge < -0.3 is 4.90 Å². The highest BCUT2D eigenvalue weighted by atomic mass is 35.5. The fourth-order valence-electron chi connectivity index (χ4n) is 3.32. The fraction of sp³-hybridized carbons (Fsp3) is 0.421. The average Bonchev–Trinajstić information content (AvgIpc) is 2.94. The van der Waals surface area contributed by atoms with Crippen LogP contribution in [-0.4, -0.2) is 38.1 Å². The summed E-state index contributed by atoms with van der Waals surface area (Å²) in [5, 5.41) is 1.85. The van der Waals surface area contributed by atoms with Crippen LogP contribution in [0.3, 0.4) is 0 Å². The molecule has 0 saturated carbocycles. The van der Waals surface area contributed by atoms with Crippen molar-refractivity contribution in [2.45, 2.75) is 31.4 Å². The van der Waals surface area contributed by atoms with E-state index in [9.17, 15) is 13.2 Å². The Morgan fingerprint density at radius 1 is 1.27 bits per heavy atom. The number of hydrogen-bond donors (Lipinski definition) is 0. The zero-order valence-corrected chi connectivity index (χ0v) is 17.0. The van der Waals surface area contributed by atoms with Crippen LogP contribution in [0, 0.1) is 6.92 Å². The first-order chi connectivity index (χ1) is 12.4. The van der Waals surface area contributed by atoms with Gasteiger partial charge in [-0.2, -0.15) is 0 Å². The Morgan fingerprint density at radius 3 is 2.73 bits per heavy atom. The van der Waals surface area contributed by atoms with Crippen LogP contribution in [0.2, 0.25) is 5.02 Å². The molecule has 1 saturated heterocycles. The lowest BCUT2D eigenvalue weighted by atomic mass is 10.1. The number of carbonyl (C=O) groups is 1. The van der Waals surface area contributed by atoms with Gasteiger partial charge in [0.1, 0.15) is 0 Å². The molecule has 0 aliphatic carbocycles. The molecule has 1 aromatic heterocycles. The summed E-state index contributed by atoms with van der Waals surface area (Å²) in [6, 6.07) is 9.12. The lowest BCUT2D eigenvalue weighted by Crippen LogP contribution is -2.33. The fourth-order valence-corrected chi connectivity index (χ4v) is 6.38. The maximum Gasteiger partial charge on any atom is 0.222 e. The van der Waals surface area contributed by atoms with Gasteiger partial charge in [-0.05, 0) is 48.4 Å². The van der Waals surface area contributed by atoms with E-state index in [-0.39, 0.29) is 18.2 Å². The van der Waals surface area contributed by atoms with Crippen LogP contribution in [0.1, 0.15) is 34.1 Å². The molecule has 0 spiro atoms. The predicted octanol–water partition coefficient (Wildman–Crippen LogP) is 4.03. The van der Waals surface area contributed by atoms with E-state index >= 15 is 0 Å². The summed E-state index contributed by atoms with van der Waals surface area (Å²) in [5.41, 5.74) is 1.85. The van der Waals surface area contributed by atoms with Gasteiger partial charge in [0.2, 0.25) is 5.91 Å². The Labute approximate surface area is 163 Å². The molecule has 2 heterocycles. The Balaban J connectivity index is 1.69. The van der Waals surface area contributed by atoms with Crippen molar-refractivity contribution in [2.24, 2.45) is 0 Å². The minimum absolute atomic E-state index is 0.0211. The second-order valence-corrected chi connectivity index (χ2v) is 10.3.